The van der Waals surface area contributed by atoms with Crippen LogP contribution in [-0.2, 0) is 11.3 Å². The van der Waals surface area contributed by atoms with Gasteiger partial charge in [-0.15, -0.1) is 5.10 Å². The Bertz CT molecular complexity index is 833. The Hall–Kier alpha value is -2.28. The molecule has 1 saturated carbocycles. The van der Waals surface area contributed by atoms with Crippen LogP contribution in [0.25, 0.3) is 10.9 Å². The molecule has 1 saturated heterocycles. The Morgan fingerprint density at radius 2 is 2.08 bits per heavy atom. The zero-order valence-corrected chi connectivity index (χ0v) is 13.5. The Morgan fingerprint density at radius 3 is 2.92 bits per heavy atom. The van der Waals surface area contributed by atoms with Crippen LogP contribution in [0.4, 0.5) is 0 Å². The van der Waals surface area contributed by atoms with Crippen molar-refractivity contribution in [1.29, 1.82) is 0 Å². The van der Waals surface area contributed by atoms with Gasteiger partial charge in [-0.05, 0) is 36.8 Å². The maximum atomic E-state index is 12.5. The third kappa shape index (κ3) is 2.58. The quantitative estimate of drug-likeness (QED) is 0.879. The first-order valence-corrected chi connectivity index (χ1v) is 8.49. The molecule has 0 radical (unpaired) electrons. The monoisotopic (exact) mass is 327 g/mol. The molecule has 1 aromatic carbocycles. The fraction of sp³-hybridized carbons (Fsp3) is 0.529. The lowest BCUT2D eigenvalue weighted by molar-refractivity contribution is -0.130. The van der Waals surface area contributed by atoms with E-state index in [-0.39, 0.29) is 30.5 Å². The van der Waals surface area contributed by atoms with Crippen LogP contribution in [0.5, 0.6) is 0 Å². The fourth-order valence-corrected chi connectivity index (χ4v) is 4.04. The molecule has 1 aliphatic carbocycles. The molecule has 3 atom stereocenters. The number of nitrogens with zero attached hydrogens (tertiary/aromatic N) is 4. The maximum Gasteiger partial charge on any atom is 0.277 e. The summed E-state index contributed by atoms with van der Waals surface area (Å²) in [5, 5.41) is 8.51. The molecular weight excluding hydrogens is 306 g/mol. The largest absolute Gasteiger partial charge is 0.342 e. The number of aryl methyl sites for hydroxylation is 1. The molecule has 2 fully saturated rings. The van der Waals surface area contributed by atoms with Gasteiger partial charge in [-0.25, -0.2) is 4.68 Å². The van der Waals surface area contributed by atoms with Crippen LogP contribution in [-0.4, -0.2) is 44.9 Å². The molecule has 2 heterocycles. The fourth-order valence-electron chi connectivity index (χ4n) is 4.04. The lowest BCUT2D eigenvalue weighted by atomic mass is 9.98. The standard InChI is InChI=1S/C17H21N5O2/c18-14-6-5-11-9-21(10-13(11)14)16(23)7-8-22-17(24)12-3-1-2-4-15(12)19-20-22/h1-4,11,13-14H,5-10,18H2. The summed E-state index contributed by atoms with van der Waals surface area (Å²) < 4.78 is 1.28. The molecule has 0 spiro atoms. The predicted octanol–water partition coefficient (Wildman–Crippen LogP) is 0.377. The van der Waals surface area contributed by atoms with Gasteiger partial charge in [-0.3, -0.25) is 9.59 Å². The first kappa shape index (κ1) is 15.3. The Balaban J connectivity index is 1.43. The van der Waals surface area contributed by atoms with Gasteiger partial charge in [-0.1, -0.05) is 17.3 Å². The number of amides is 1. The summed E-state index contributed by atoms with van der Waals surface area (Å²) in [6.07, 6.45) is 2.45. The minimum absolute atomic E-state index is 0.0680. The molecule has 7 nitrogen and oxygen atoms in total. The van der Waals surface area contributed by atoms with Gasteiger partial charge in [-0.2, -0.15) is 0 Å². The van der Waals surface area contributed by atoms with Crippen LogP contribution in [0.1, 0.15) is 19.3 Å². The number of carbonyl (C=O) groups is 1. The van der Waals surface area contributed by atoms with Gasteiger partial charge in [0.15, 0.2) is 0 Å². The second-order valence-corrected chi connectivity index (χ2v) is 6.85. The van der Waals surface area contributed by atoms with E-state index in [2.05, 4.69) is 10.3 Å². The van der Waals surface area contributed by atoms with Crippen molar-refractivity contribution in [1.82, 2.24) is 19.9 Å². The number of nitrogens with two attached hydrogens (primary N) is 1. The normalized spacial score (nSPS) is 26.0. The second kappa shape index (κ2) is 5.98. The van der Waals surface area contributed by atoms with E-state index in [1.165, 1.54) is 4.68 Å². The number of rotatable bonds is 3. The van der Waals surface area contributed by atoms with Gasteiger partial charge in [0.2, 0.25) is 5.91 Å². The number of hydrogen-bond acceptors (Lipinski definition) is 5. The third-order valence-electron chi connectivity index (χ3n) is 5.43. The van der Waals surface area contributed by atoms with Crippen molar-refractivity contribution in [2.75, 3.05) is 13.1 Å². The molecule has 1 aliphatic heterocycles. The number of hydrogen-bond donors (Lipinski definition) is 1. The zero-order chi connectivity index (χ0) is 16.7. The van der Waals surface area contributed by atoms with E-state index in [0.717, 1.165) is 25.9 Å². The summed E-state index contributed by atoms with van der Waals surface area (Å²) in [6, 6.07) is 7.33. The van der Waals surface area contributed by atoms with E-state index in [0.29, 0.717) is 22.7 Å². The Morgan fingerprint density at radius 1 is 1.25 bits per heavy atom. The van der Waals surface area contributed by atoms with Gasteiger partial charge in [0.05, 0.1) is 11.9 Å². The highest BCUT2D eigenvalue weighted by molar-refractivity contribution is 5.77. The van der Waals surface area contributed by atoms with Gasteiger partial charge in [0, 0.05) is 25.6 Å². The molecule has 0 bridgehead atoms. The van der Waals surface area contributed by atoms with E-state index in [1.54, 1.807) is 18.2 Å². The maximum absolute atomic E-state index is 12.5. The molecule has 1 amide bonds. The summed E-state index contributed by atoms with van der Waals surface area (Å²) in [5.41, 5.74) is 6.49. The highest BCUT2D eigenvalue weighted by Crippen LogP contribution is 2.37. The first-order chi connectivity index (χ1) is 11.6. The predicted molar refractivity (Wildman–Crippen MR) is 89.2 cm³/mol. The van der Waals surface area contributed by atoms with E-state index in [4.69, 9.17) is 5.73 Å². The molecule has 24 heavy (non-hydrogen) atoms. The minimum atomic E-state index is -0.200. The summed E-state index contributed by atoms with van der Waals surface area (Å²) in [5.74, 6) is 1.06. The molecule has 4 rings (SSSR count). The van der Waals surface area contributed by atoms with E-state index >= 15 is 0 Å². The number of fused-ring (bicyclic) bond motifs is 2. The lowest BCUT2D eigenvalue weighted by Gasteiger charge is -2.18. The molecular formula is C17H21N5O2. The van der Waals surface area contributed by atoms with Crippen LogP contribution in [0.3, 0.4) is 0 Å². The molecule has 7 heteroatoms. The van der Waals surface area contributed by atoms with Gasteiger partial charge in [0.25, 0.3) is 5.56 Å². The molecule has 2 aliphatic rings. The Labute approximate surface area is 139 Å². The first-order valence-electron chi connectivity index (χ1n) is 8.49. The van der Waals surface area contributed by atoms with Crippen molar-refractivity contribution in [3.63, 3.8) is 0 Å². The molecule has 1 aromatic heterocycles. The number of likely N-dealkylation sites (tertiary alicyclic amines) is 1. The van der Waals surface area contributed by atoms with E-state index in [1.807, 2.05) is 11.0 Å². The summed E-state index contributed by atoms with van der Waals surface area (Å²) in [4.78, 5) is 26.7. The SMILES string of the molecule is NC1CCC2CN(C(=O)CCn3nnc4ccccc4c3=O)CC12. The highest BCUT2D eigenvalue weighted by Gasteiger charge is 2.42. The topological polar surface area (TPSA) is 94.1 Å². The van der Waals surface area contributed by atoms with Crippen LogP contribution in [0.2, 0.25) is 0 Å². The lowest BCUT2D eigenvalue weighted by Crippen LogP contribution is -2.34. The molecule has 3 unspecified atom stereocenters. The average Bonchev–Trinajstić information content (AvgIpc) is 3.17. The van der Waals surface area contributed by atoms with Gasteiger partial charge >= 0.3 is 0 Å². The van der Waals surface area contributed by atoms with Crippen molar-refractivity contribution in [2.45, 2.75) is 31.8 Å². The van der Waals surface area contributed by atoms with Crippen molar-refractivity contribution in [3.8, 4) is 0 Å². The van der Waals surface area contributed by atoms with Crippen molar-refractivity contribution in [3.05, 3.63) is 34.6 Å². The summed E-state index contributed by atoms with van der Waals surface area (Å²) in [7, 11) is 0. The number of aromatic nitrogens is 3. The van der Waals surface area contributed by atoms with Crippen molar-refractivity contribution < 1.29 is 4.79 Å². The van der Waals surface area contributed by atoms with Crippen LogP contribution >= 0.6 is 0 Å². The number of carbonyl (C=O) groups excluding carboxylic acids is 1. The van der Waals surface area contributed by atoms with Crippen LogP contribution in [0.15, 0.2) is 29.1 Å². The Kier molecular flexibility index (Phi) is 3.80. The molecule has 2 aromatic rings. The van der Waals surface area contributed by atoms with Gasteiger partial charge < -0.3 is 10.6 Å². The highest BCUT2D eigenvalue weighted by atomic mass is 16.2. The third-order valence-corrected chi connectivity index (χ3v) is 5.43. The average molecular weight is 327 g/mol. The summed E-state index contributed by atoms with van der Waals surface area (Å²) >= 11 is 0. The van der Waals surface area contributed by atoms with Crippen LogP contribution in [0, 0.1) is 11.8 Å². The summed E-state index contributed by atoms with van der Waals surface area (Å²) in [6.45, 7) is 1.81. The smallest absolute Gasteiger partial charge is 0.277 e. The molecule has 2 N–H and O–H groups in total. The van der Waals surface area contributed by atoms with Gasteiger partial charge in [0.1, 0.15) is 5.52 Å². The van der Waals surface area contributed by atoms with Crippen molar-refractivity contribution >= 4 is 16.8 Å². The van der Waals surface area contributed by atoms with Crippen molar-refractivity contribution in [2.24, 2.45) is 17.6 Å². The second-order valence-electron chi connectivity index (χ2n) is 6.85. The van der Waals surface area contributed by atoms with E-state index in [9.17, 15) is 9.59 Å². The minimum Gasteiger partial charge on any atom is -0.342 e. The molecule has 126 valence electrons. The van der Waals surface area contributed by atoms with Crippen LogP contribution < -0.4 is 11.3 Å². The number of benzene rings is 1. The van der Waals surface area contributed by atoms with E-state index < -0.39 is 0 Å². The zero-order valence-electron chi connectivity index (χ0n) is 13.5.